The summed E-state index contributed by atoms with van der Waals surface area (Å²) in [6, 6.07) is 11.3. The van der Waals surface area contributed by atoms with Crippen molar-refractivity contribution in [2.24, 2.45) is 0 Å². The van der Waals surface area contributed by atoms with Crippen LogP contribution in [0.15, 0.2) is 41.3 Å². The highest BCUT2D eigenvalue weighted by atomic mass is 32.2. The van der Waals surface area contributed by atoms with Crippen LogP contribution in [0.5, 0.6) is 17.2 Å². The van der Waals surface area contributed by atoms with E-state index in [1.54, 1.807) is 38.4 Å². The van der Waals surface area contributed by atoms with Crippen LogP contribution in [0.2, 0.25) is 0 Å². The summed E-state index contributed by atoms with van der Waals surface area (Å²) in [4.78, 5) is 15.0. The molecule has 1 heterocycles. The van der Waals surface area contributed by atoms with E-state index in [2.05, 4.69) is 0 Å². The van der Waals surface area contributed by atoms with E-state index in [1.165, 1.54) is 11.8 Å². The van der Waals surface area contributed by atoms with Crippen molar-refractivity contribution in [1.29, 1.82) is 0 Å². The quantitative estimate of drug-likeness (QED) is 0.546. The van der Waals surface area contributed by atoms with Crippen LogP contribution in [0, 0.1) is 6.92 Å². The first kappa shape index (κ1) is 19.3. The van der Waals surface area contributed by atoms with E-state index in [1.807, 2.05) is 37.3 Å². The molecule has 2 aromatic carbocycles. The molecule has 1 aliphatic heterocycles. The molecule has 1 amide bonds. The zero-order valence-corrected chi connectivity index (χ0v) is 17.1. The molecule has 1 fully saturated rings. The topological polar surface area (TPSA) is 48.0 Å². The summed E-state index contributed by atoms with van der Waals surface area (Å²) in [6.07, 6.45) is 1.76. The highest BCUT2D eigenvalue weighted by Crippen LogP contribution is 2.43. The molecule has 5 nitrogen and oxygen atoms in total. The Kier molecular flexibility index (Phi) is 5.72. The van der Waals surface area contributed by atoms with Gasteiger partial charge in [0.15, 0.2) is 15.8 Å². The molecule has 3 rings (SSSR count). The van der Waals surface area contributed by atoms with Crippen molar-refractivity contribution in [3.05, 3.63) is 52.4 Å². The van der Waals surface area contributed by atoms with Crippen LogP contribution in [-0.4, -0.2) is 31.6 Å². The number of amides is 1. The number of benzene rings is 2. The number of aryl methyl sites for hydroxylation is 1. The van der Waals surface area contributed by atoms with Gasteiger partial charge in [-0.25, -0.2) is 0 Å². The Morgan fingerprint density at radius 2 is 1.63 bits per heavy atom. The van der Waals surface area contributed by atoms with Gasteiger partial charge in [-0.3, -0.25) is 9.69 Å². The zero-order chi connectivity index (χ0) is 19.6. The Bertz CT molecular complexity index is 922. The molecule has 1 saturated heterocycles. The van der Waals surface area contributed by atoms with Gasteiger partial charge in [-0.15, -0.1) is 0 Å². The summed E-state index contributed by atoms with van der Waals surface area (Å²) in [5, 5.41) is 0. The van der Waals surface area contributed by atoms with Crippen molar-refractivity contribution < 1.29 is 19.0 Å². The van der Waals surface area contributed by atoms with Crippen LogP contribution in [0.25, 0.3) is 6.08 Å². The van der Waals surface area contributed by atoms with Gasteiger partial charge >= 0.3 is 0 Å². The van der Waals surface area contributed by atoms with E-state index < -0.39 is 0 Å². The molecule has 0 spiro atoms. The van der Waals surface area contributed by atoms with Crippen LogP contribution in [0.1, 0.15) is 11.1 Å². The lowest BCUT2D eigenvalue weighted by atomic mass is 10.1. The van der Waals surface area contributed by atoms with Gasteiger partial charge in [-0.1, -0.05) is 41.7 Å². The molecule has 0 N–H and O–H groups in total. The Labute approximate surface area is 167 Å². The maximum atomic E-state index is 12.9. The molecule has 1 aliphatic rings. The first-order valence-electron chi connectivity index (χ1n) is 8.13. The smallest absolute Gasteiger partial charge is 0.270 e. The number of carbonyl (C=O) groups is 1. The summed E-state index contributed by atoms with van der Waals surface area (Å²) in [7, 11) is 4.65. The number of anilines is 1. The maximum absolute atomic E-state index is 12.9. The average molecular weight is 402 g/mol. The number of nitrogens with zero attached hydrogens (tertiary/aromatic N) is 1. The van der Waals surface area contributed by atoms with Crippen molar-refractivity contribution in [3.8, 4) is 17.2 Å². The second-order valence-electron chi connectivity index (χ2n) is 5.78. The lowest BCUT2D eigenvalue weighted by molar-refractivity contribution is -0.113. The minimum atomic E-state index is -0.161. The van der Waals surface area contributed by atoms with Crippen molar-refractivity contribution in [2.45, 2.75) is 6.92 Å². The first-order valence-corrected chi connectivity index (χ1v) is 9.36. The zero-order valence-electron chi connectivity index (χ0n) is 15.4. The number of rotatable bonds is 5. The minimum Gasteiger partial charge on any atom is -0.493 e. The van der Waals surface area contributed by atoms with Crippen LogP contribution >= 0.6 is 24.0 Å². The highest BCUT2D eigenvalue weighted by Gasteiger charge is 2.33. The largest absolute Gasteiger partial charge is 0.493 e. The third-order valence-electron chi connectivity index (χ3n) is 4.11. The number of ether oxygens (including phenoxy) is 3. The van der Waals surface area contributed by atoms with Gasteiger partial charge in [-0.2, -0.15) is 0 Å². The van der Waals surface area contributed by atoms with Gasteiger partial charge in [0.1, 0.15) is 0 Å². The summed E-state index contributed by atoms with van der Waals surface area (Å²) in [5.41, 5.74) is 2.58. The van der Waals surface area contributed by atoms with Crippen LogP contribution in [-0.2, 0) is 4.79 Å². The summed E-state index contributed by atoms with van der Waals surface area (Å²) in [6.45, 7) is 2.00. The summed E-state index contributed by atoms with van der Waals surface area (Å²) in [5.74, 6) is 1.37. The molecule has 0 radical (unpaired) electrons. The maximum Gasteiger partial charge on any atom is 0.270 e. The van der Waals surface area contributed by atoms with Gasteiger partial charge in [0.2, 0.25) is 5.75 Å². The Hall–Kier alpha value is -2.51. The van der Waals surface area contributed by atoms with Gasteiger partial charge in [0, 0.05) is 5.56 Å². The third kappa shape index (κ3) is 3.65. The molecule has 7 heteroatoms. The highest BCUT2D eigenvalue weighted by molar-refractivity contribution is 8.27. The van der Waals surface area contributed by atoms with Crippen LogP contribution in [0.3, 0.4) is 0 Å². The SMILES string of the molecule is COc1ccc(C=C2SC(=S)N(c3ccc(C)cc3)C2=O)c(OC)c1OC. The number of hydrogen-bond donors (Lipinski definition) is 0. The third-order valence-corrected chi connectivity index (χ3v) is 5.41. The fourth-order valence-electron chi connectivity index (χ4n) is 2.76. The van der Waals surface area contributed by atoms with Crippen molar-refractivity contribution in [1.82, 2.24) is 0 Å². The number of carbonyl (C=O) groups excluding carboxylic acids is 1. The summed E-state index contributed by atoms with van der Waals surface area (Å²) < 4.78 is 16.7. The molecule has 2 aromatic rings. The Morgan fingerprint density at radius 3 is 2.22 bits per heavy atom. The monoisotopic (exact) mass is 401 g/mol. The minimum absolute atomic E-state index is 0.161. The van der Waals surface area contributed by atoms with Crippen LogP contribution in [0.4, 0.5) is 5.69 Å². The number of thioether (sulfide) groups is 1. The summed E-state index contributed by atoms with van der Waals surface area (Å²) >= 11 is 6.69. The lowest BCUT2D eigenvalue weighted by Crippen LogP contribution is -2.27. The number of thiocarbonyl (C=S) groups is 1. The van der Waals surface area contributed by atoms with E-state index in [0.717, 1.165) is 11.3 Å². The predicted molar refractivity (Wildman–Crippen MR) is 113 cm³/mol. The van der Waals surface area contributed by atoms with Gasteiger partial charge in [0.05, 0.1) is 31.9 Å². The van der Waals surface area contributed by atoms with Crippen molar-refractivity contribution in [2.75, 3.05) is 26.2 Å². The number of methoxy groups -OCH3 is 3. The average Bonchev–Trinajstić information content (AvgIpc) is 2.95. The second kappa shape index (κ2) is 8.02. The molecule has 140 valence electrons. The van der Waals surface area contributed by atoms with E-state index in [4.69, 9.17) is 26.4 Å². The fourth-order valence-corrected chi connectivity index (χ4v) is 4.05. The van der Waals surface area contributed by atoms with E-state index in [0.29, 0.717) is 32.0 Å². The van der Waals surface area contributed by atoms with Crippen LogP contribution < -0.4 is 19.1 Å². The molecule has 0 aromatic heterocycles. The predicted octanol–water partition coefficient (Wildman–Crippen LogP) is 4.43. The molecular formula is C20H19NO4S2. The van der Waals surface area contributed by atoms with E-state index >= 15 is 0 Å². The molecular weight excluding hydrogens is 382 g/mol. The molecule has 27 heavy (non-hydrogen) atoms. The van der Waals surface area contributed by atoms with E-state index in [-0.39, 0.29) is 5.91 Å². The van der Waals surface area contributed by atoms with Gasteiger partial charge < -0.3 is 14.2 Å². The number of hydrogen-bond acceptors (Lipinski definition) is 6. The van der Waals surface area contributed by atoms with E-state index in [9.17, 15) is 4.79 Å². The standard InChI is InChI=1S/C20H19NO4S2/c1-12-5-8-14(9-6-12)21-19(22)16(27-20(21)26)11-13-7-10-15(23-2)18(25-4)17(13)24-3/h5-11H,1-4H3. The Morgan fingerprint density at radius 1 is 0.963 bits per heavy atom. The fraction of sp³-hybridized carbons (Fsp3) is 0.200. The molecule has 0 saturated carbocycles. The molecule has 0 aliphatic carbocycles. The lowest BCUT2D eigenvalue weighted by Gasteiger charge is -2.15. The normalized spacial score (nSPS) is 15.4. The second-order valence-corrected chi connectivity index (χ2v) is 7.45. The van der Waals surface area contributed by atoms with Gasteiger partial charge in [-0.05, 0) is 37.3 Å². The van der Waals surface area contributed by atoms with Crippen molar-refractivity contribution >= 4 is 46.0 Å². The first-order chi connectivity index (χ1) is 13.0. The molecule has 0 bridgehead atoms. The molecule has 0 atom stereocenters. The van der Waals surface area contributed by atoms with Crippen molar-refractivity contribution in [3.63, 3.8) is 0 Å². The molecule has 0 unspecified atom stereocenters. The Balaban J connectivity index is 2.00. The van der Waals surface area contributed by atoms with Gasteiger partial charge in [0.25, 0.3) is 5.91 Å².